The summed E-state index contributed by atoms with van der Waals surface area (Å²) < 4.78 is 23.7. The van der Waals surface area contributed by atoms with Gasteiger partial charge in [0.15, 0.2) is 0 Å². The van der Waals surface area contributed by atoms with Gasteiger partial charge in [-0.25, -0.2) is 4.57 Å². The maximum Gasteiger partial charge on any atom is 0.472 e. The Labute approximate surface area is 379 Å². The molecule has 9 heteroatoms. The van der Waals surface area contributed by atoms with Crippen molar-refractivity contribution >= 4 is 13.7 Å². The van der Waals surface area contributed by atoms with E-state index in [1.807, 2.05) is 21.1 Å². The van der Waals surface area contributed by atoms with Crippen molar-refractivity contribution in [3.63, 3.8) is 0 Å². The van der Waals surface area contributed by atoms with Gasteiger partial charge in [0, 0.05) is 6.42 Å². The number of rotatable bonds is 48. The van der Waals surface area contributed by atoms with E-state index in [1.165, 1.54) is 186 Å². The quantitative estimate of drug-likeness (QED) is 0.0243. The number of unbranched alkanes of at least 4 members (excludes halogenated alkanes) is 32. The summed E-state index contributed by atoms with van der Waals surface area (Å²) in [6, 6.07) is -0.761. The Morgan fingerprint density at radius 1 is 0.557 bits per heavy atom. The lowest BCUT2D eigenvalue weighted by Gasteiger charge is -2.26. The van der Waals surface area contributed by atoms with Crippen molar-refractivity contribution < 1.29 is 32.9 Å². The van der Waals surface area contributed by atoms with Crippen LogP contribution in [0.5, 0.6) is 0 Å². The van der Waals surface area contributed by atoms with Crippen LogP contribution in [0.4, 0.5) is 0 Å². The molecular formula is C52H104N2O6P+. The van der Waals surface area contributed by atoms with Gasteiger partial charge in [-0.1, -0.05) is 231 Å². The third kappa shape index (κ3) is 46.8. The number of phosphoric ester groups is 1. The molecule has 0 aliphatic carbocycles. The maximum absolute atomic E-state index is 13.0. The zero-order valence-electron chi connectivity index (χ0n) is 41.2. The summed E-state index contributed by atoms with van der Waals surface area (Å²) in [5.41, 5.74) is 0. The second-order valence-electron chi connectivity index (χ2n) is 19.3. The number of hydrogen-bond acceptors (Lipinski definition) is 5. The van der Waals surface area contributed by atoms with E-state index in [4.69, 9.17) is 9.05 Å². The smallest absolute Gasteiger partial charge is 0.391 e. The van der Waals surface area contributed by atoms with Gasteiger partial charge in [-0.05, 0) is 38.5 Å². The normalized spacial score (nSPS) is 14.3. The fourth-order valence-corrected chi connectivity index (χ4v) is 8.54. The van der Waals surface area contributed by atoms with Crippen molar-refractivity contribution in [1.82, 2.24) is 5.32 Å². The molecule has 3 atom stereocenters. The SMILES string of the molecule is CCCCC/C=C\C=C/CCCCCCCCCCCCC(=O)NC(COP(=O)(O)OCC[N+](C)(C)C)C(O)CCCCCCCCCCCCCCCCCCCCCC. The Hall–Kier alpha value is -1.02. The van der Waals surface area contributed by atoms with Gasteiger partial charge in [0.1, 0.15) is 13.2 Å². The second kappa shape index (κ2) is 44.2. The van der Waals surface area contributed by atoms with Crippen LogP contribution in [0.2, 0.25) is 0 Å². The van der Waals surface area contributed by atoms with E-state index >= 15 is 0 Å². The fraction of sp³-hybridized carbons (Fsp3) is 0.904. The van der Waals surface area contributed by atoms with Crippen LogP contribution in [0, 0.1) is 0 Å². The Kier molecular flexibility index (Phi) is 43.5. The minimum atomic E-state index is -4.32. The van der Waals surface area contributed by atoms with Crippen LogP contribution in [-0.2, 0) is 18.4 Å². The third-order valence-electron chi connectivity index (χ3n) is 12.0. The molecule has 0 rings (SSSR count). The molecule has 0 aliphatic heterocycles. The lowest BCUT2D eigenvalue weighted by molar-refractivity contribution is -0.870. The molecule has 8 nitrogen and oxygen atoms in total. The number of aliphatic hydroxyl groups excluding tert-OH is 1. The first-order valence-electron chi connectivity index (χ1n) is 26.2. The van der Waals surface area contributed by atoms with Gasteiger partial charge in [0.2, 0.25) is 5.91 Å². The van der Waals surface area contributed by atoms with Gasteiger partial charge < -0.3 is 19.8 Å². The predicted molar refractivity (Wildman–Crippen MR) is 263 cm³/mol. The number of carbonyl (C=O) groups excluding carboxylic acids is 1. The molecule has 0 saturated heterocycles. The number of phosphoric acid groups is 1. The standard InChI is InChI=1S/C52H103N2O6P/c1-6-8-10-12-14-16-18-20-22-24-26-28-29-31-33-35-37-39-41-43-45-51(55)50(49-60-61(57,58)59-48-47-54(3,4)5)53-52(56)46-44-42-40-38-36-34-32-30-27-25-23-21-19-17-15-13-11-9-7-2/h15,17,19,21,50-51,55H,6-14,16,18,20,22-49H2,1-5H3,(H-,53,56,57,58)/p+1/b17-15-,21-19-. The number of hydrogen-bond donors (Lipinski definition) is 3. The Morgan fingerprint density at radius 3 is 1.34 bits per heavy atom. The van der Waals surface area contributed by atoms with Gasteiger partial charge in [-0.3, -0.25) is 13.8 Å². The highest BCUT2D eigenvalue weighted by Gasteiger charge is 2.28. The predicted octanol–water partition coefficient (Wildman–Crippen LogP) is 15.3. The molecule has 362 valence electrons. The number of allylic oxidation sites excluding steroid dienone is 4. The molecule has 0 heterocycles. The first-order chi connectivity index (χ1) is 29.5. The molecule has 0 aromatic heterocycles. The van der Waals surface area contributed by atoms with Gasteiger partial charge in [0.25, 0.3) is 0 Å². The van der Waals surface area contributed by atoms with Crippen LogP contribution in [-0.4, -0.2) is 73.4 Å². The average Bonchev–Trinajstić information content (AvgIpc) is 3.21. The van der Waals surface area contributed by atoms with E-state index in [2.05, 4.69) is 43.5 Å². The largest absolute Gasteiger partial charge is 0.472 e. The highest BCUT2D eigenvalue weighted by Crippen LogP contribution is 2.43. The summed E-state index contributed by atoms with van der Waals surface area (Å²) in [5, 5.41) is 14.0. The molecule has 3 unspecified atom stereocenters. The first-order valence-corrected chi connectivity index (χ1v) is 27.7. The maximum atomic E-state index is 13.0. The van der Waals surface area contributed by atoms with Crippen molar-refractivity contribution in [2.75, 3.05) is 40.9 Å². The summed E-state index contributed by atoms with van der Waals surface area (Å²) in [7, 11) is 1.62. The van der Waals surface area contributed by atoms with E-state index < -0.39 is 20.0 Å². The zero-order chi connectivity index (χ0) is 45.0. The number of quaternary nitrogens is 1. The summed E-state index contributed by atoms with van der Waals surface area (Å²) in [6.07, 6.45) is 53.5. The number of aliphatic hydroxyl groups is 1. The van der Waals surface area contributed by atoms with Gasteiger partial charge in [0.05, 0.1) is 39.9 Å². The average molecular weight is 884 g/mol. The van der Waals surface area contributed by atoms with E-state index in [9.17, 15) is 19.4 Å². The van der Waals surface area contributed by atoms with E-state index in [-0.39, 0.29) is 19.1 Å². The molecule has 0 aromatic carbocycles. The molecule has 0 bridgehead atoms. The van der Waals surface area contributed by atoms with Crippen LogP contribution >= 0.6 is 7.82 Å². The van der Waals surface area contributed by atoms with E-state index in [1.54, 1.807) is 0 Å². The molecule has 3 N–H and O–H groups in total. The Bertz CT molecular complexity index is 1050. The monoisotopic (exact) mass is 884 g/mol. The minimum Gasteiger partial charge on any atom is -0.391 e. The Balaban J connectivity index is 4.24. The number of carbonyl (C=O) groups is 1. The number of nitrogens with one attached hydrogen (secondary N) is 1. The topological polar surface area (TPSA) is 105 Å². The lowest BCUT2D eigenvalue weighted by Crippen LogP contribution is -2.46. The molecular weight excluding hydrogens is 780 g/mol. The van der Waals surface area contributed by atoms with Crippen molar-refractivity contribution in [1.29, 1.82) is 0 Å². The summed E-state index contributed by atoms with van der Waals surface area (Å²) >= 11 is 0. The van der Waals surface area contributed by atoms with Crippen LogP contribution in [0.3, 0.4) is 0 Å². The summed E-state index contributed by atoms with van der Waals surface area (Å²) in [6.45, 7) is 4.89. The van der Waals surface area contributed by atoms with Gasteiger partial charge >= 0.3 is 7.82 Å². The number of amides is 1. The molecule has 0 spiro atoms. The fourth-order valence-electron chi connectivity index (χ4n) is 7.80. The van der Waals surface area contributed by atoms with E-state index in [0.717, 1.165) is 38.5 Å². The molecule has 61 heavy (non-hydrogen) atoms. The molecule has 1 amide bonds. The van der Waals surface area contributed by atoms with Crippen LogP contribution in [0.15, 0.2) is 24.3 Å². The molecule has 0 saturated carbocycles. The third-order valence-corrected chi connectivity index (χ3v) is 13.0. The van der Waals surface area contributed by atoms with E-state index in [0.29, 0.717) is 23.9 Å². The lowest BCUT2D eigenvalue weighted by atomic mass is 10.0. The van der Waals surface area contributed by atoms with Gasteiger partial charge in [-0.15, -0.1) is 0 Å². The number of likely N-dealkylation sites (N-methyl/N-ethyl adjacent to an activating group) is 1. The van der Waals surface area contributed by atoms with Crippen molar-refractivity contribution in [2.24, 2.45) is 0 Å². The van der Waals surface area contributed by atoms with Gasteiger partial charge in [-0.2, -0.15) is 0 Å². The van der Waals surface area contributed by atoms with Crippen LogP contribution < -0.4 is 5.32 Å². The van der Waals surface area contributed by atoms with Crippen molar-refractivity contribution in [2.45, 2.75) is 264 Å². The number of nitrogens with zero attached hydrogens (tertiary/aromatic N) is 1. The Morgan fingerprint density at radius 2 is 0.918 bits per heavy atom. The summed E-state index contributed by atoms with van der Waals surface area (Å²) in [4.78, 5) is 23.3. The molecule has 0 aromatic rings. The highest BCUT2D eigenvalue weighted by atomic mass is 31.2. The highest BCUT2D eigenvalue weighted by molar-refractivity contribution is 7.47. The molecule has 0 fully saturated rings. The molecule has 0 radical (unpaired) electrons. The second-order valence-corrected chi connectivity index (χ2v) is 20.7. The van der Waals surface area contributed by atoms with Crippen LogP contribution in [0.25, 0.3) is 0 Å². The first kappa shape index (κ1) is 60.0. The van der Waals surface area contributed by atoms with Crippen LogP contribution in [0.1, 0.15) is 251 Å². The summed E-state index contributed by atoms with van der Waals surface area (Å²) in [5.74, 6) is -0.146. The van der Waals surface area contributed by atoms with Crippen molar-refractivity contribution in [3.8, 4) is 0 Å². The minimum absolute atomic E-state index is 0.0750. The molecule has 0 aliphatic rings. The zero-order valence-corrected chi connectivity index (χ0v) is 42.1. The van der Waals surface area contributed by atoms with Crippen molar-refractivity contribution in [3.05, 3.63) is 24.3 Å².